The van der Waals surface area contributed by atoms with Gasteiger partial charge in [-0.25, -0.2) is 0 Å². The van der Waals surface area contributed by atoms with Crippen LogP contribution in [-0.4, -0.2) is 41.1 Å². The summed E-state index contributed by atoms with van der Waals surface area (Å²) in [5.74, 6) is 1.02. The van der Waals surface area contributed by atoms with Crippen LogP contribution in [0.1, 0.15) is 16.9 Å². The van der Waals surface area contributed by atoms with Gasteiger partial charge in [0.05, 0.1) is 12.8 Å². The second-order valence-corrected chi connectivity index (χ2v) is 6.41. The lowest BCUT2D eigenvalue weighted by atomic mass is 10.1. The fraction of sp³-hybridized carbons (Fsp3) is 0.389. The SMILES string of the molecule is Cc1cccc(NC(=S)N2CCN(Cc3ccco3)CC2)c1C. The first-order chi connectivity index (χ1) is 11.1. The van der Waals surface area contributed by atoms with E-state index in [0.29, 0.717) is 0 Å². The zero-order valence-electron chi connectivity index (χ0n) is 13.7. The van der Waals surface area contributed by atoms with Gasteiger partial charge in [0.1, 0.15) is 5.76 Å². The molecule has 1 aromatic heterocycles. The molecule has 1 N–H and O–H groups in total. The monoisotopic (exact) mass is 329 g/mol. The molecule has 0 unspecified atom stereocenters. The first-order valence-electron chi connectivity index (χ1n) is 8.00. The number of anilines is 1. The van der Waals surface area contributed by atoms with Crippen LogP contribution in [0.25, 0.3) is 0 Å². The van der Waals surface area contributed by atoms with Crippen LogP contribution in [0.15, 0.2) is 41.0 Å². The van der Waals surface area contributed by atoms with E-state index in [4.69, 9.17) is 16.6 Å². The van der Waals surface area contributed by atoms with E-state index in [1.54, 1.807) is 6.26 Å². The van der Waals surface area contributed by atoms with Crippen LogP contribution in [-0.2, 0) is 6.54 Å². The lowest BCUT2D eigenvalue weighted by molar-refractivity contribution is 0.166. The Balaban J connectivity index is 1.53. The second kappa shape index (κ2) is 7.15. The molecule has 122 valence electrons. The van der Waals surface area contributed by atoms with E-state index in [1.165, 1.54) is 11.1 Å². The Bertz CT molecular complexity index is 661. The van der Waals surface area contributed by atoms with Gasteiger partial charge >= 0.3 is 0 Å². The molecule has 4 nitrogen and oxygen atoms in total. The Hall–Kier alpha value is -1.85. The zero-order valence-corrected chi connectivity index (χ0v) is 14.5. The number of thiocarbonyl (C=S) groups is 1. The minimum Gasteiger partial charge on any atom is -0.468 e. The van der Waals surface area contributed by atoms with Crippen LogP contribution in [0, 0.1) is 13.8 Å². The van der Waals surface area contributed by atoms with E-state index in [1.807, 2.05) is 12.1 Å². The summed E-state index contributed by atoms with van der Waals surface area (Å²) >= 11 is 5.59. The highest BCUT2D eigenvalue weighted by Gasteiger charge is 2.20. The maximum atomic E-state index is 5.59. The Morgan fingerprint density at radius 2 is 1.91 bits per heavy atom. The molecule has 1 saturated heterocycles. The number of benzene rings is 1. The van der Waals surface area contributed by atoms with Crippen molar-refractivity contribution in [2.45, 2.75) is 20.4 Å². The predicted octanol–water partition coefficient (Wildman–Crippen LogP) is 3.41. The largest absolute Gasteiger partial charge is 0.468 e. The van der Waals surface area contributed by atoms with Crippen LogP contribution in [0.3, 0.4) is 0 Å². The molecule has 3 rings (SSSR count). The number of aryl methyl sites for hydroxylation is 1. The number of rotatable bonds is 3. The zero-order chi connectivity index (χ0) is 16.2. The third-order valence-corrected chi connectivity index (χ3v) is 4.83. The van der Waals surface area contributed by atoms with Crippen molar-refractivity contribution in [1.29, 1.82) is 0 Å². The van der Waals surface area contributed by atoms with Crippen LogP contribution >= 0.6 is 12.2 Å². The van der Waals surface area contributed by atoms with Gasteiger partial charge in [-0.2, -0.15) is 0 Å². The number of nitrogens with one attached hydrogen (secondary N) is 1. The summed E-state index contributed by atoms with van der Waals surface area (Å²) in [6, 6.07) is 10.2. The minimum absolute atomic E-state index is 0.816. The molecule has 0 bridgehead atoms. The normalized spacial score (nSPS) is 15.7. The predicted molar refractivity (Wildman–Crippen MR) is 97.7 cm³/mol. The highest BCUT2D eigenvalue weighted by atomic mass is 32.1. The van der Waals surface area contributed by atoms with Gasteiger partial charge in [0, 0.05) is 31.9 Å². The molecule has 1 fully saturated rings. The molecule has 1 aliphatic rings. The number of hydrogen-bond donors (Lipinski definition) is 1. The summed E-state index contributed by atoms with van der Waals surface area (Å²) in [5, 5.41) is 4.22. The van der Waals surface area contributed by atoms with Gasteiger partial charge in [0.2, 0.25) is 0 Å². The molecule has 0 amide bonds. The maximum absolute atomic E-state index is 5.59. The Morgan fingerprint density at radius 3 is 2.61 bits per heavy atom. The molecule has 0 atom stereocenters. The van der Waals surface area contributed by atoms with Crippen LogP contribution in [0.4, 0.5) is 5.69 Å². The van der Waals surface area contributed by atoms with Crippen molar-refractivity contribution < 1.29 is 4.42 Å². The minimum atomic E-state index is 0.816. The molecule has 1 aliphatic heterocycles. The lowest BCUT2D eigenvalue weighted by Crippen LogP contribution is -2.49. The topological polar surface area (TPSA) is 31.6 Å². The summed E-state index contributed by atoms with van der Waals surface area (Å²) in [5.41, 5.74) is 3.64. The summed E-state index contributed by atoms with van der Waals surface area (Å²) in [6.45, 7) is 9.00. The van der Waals surface area contributed by atoms with Crippen molar-refractivity contribution in [2.75, 3.05) is 31.5 Å². The molecule has 23 heavy (non-hydrogen) atoms. The highest BCUT2D eigenvalue weighted by Crippen LogP contribution is 2.19. The molecule has 0 radical (unpaired) electrons. The lowest BCUT2D eigenvalue weighted by Gasteiger charge is -2.36. The molecule has 0 aliphatic carbocycles. The number of furan rings is 1. The van der Waals surface area contributed by atoms with Gasteiger partial charge in [-0.1, -0.05) is 12.1 Å². The molecule has 2 heterocycles. The first-order valence-corrected chi connectivity index (χ1v) is 8.41. The van der Waals surface area contributed by atoms with E-state index in [2.05, 4.69) is 47.2 Å². The van der Waals surface area contributed by atoms with Crippen molar-refractivity contribution in [3.63, 3.8) is 0 Å². The summed E-state index contributed by atoms with van der Waals surface area (Å²) in [7, 11) is 0. The van der Waals surface area contributed by atoms with Crippen molar-refractivity contribution in [1.82, 2.24) is 9.80 Å². The fourth-order valence-electron chi connectivity index (χ4n) is 2.81. The standard InChI is InChI=1S/C18H23N3OS/c1-14-5-3-7-17(15(14)2)19-18(23)21-10-8-20(9-11-21)13-16-6-4-12-22-16/h3-7,12H,8-11,13H2,1-2H3,(H,19,23). The van der Waals surface area contributed by atoms with Crippen molar-refractivity contribution in [3.05, 3.63) is 53.5 Å². The van der Waals surface area contributed by atoms with Gasteiger partial charge in [0.25, 0.3) is 0 Å². The number of nitrogens with zero attached hydrogens (tertiary/aromatic N) is 2. The Labute approximate surface area is 143 Å². The molecule has 5 heteroatoms. The van der Waals surface area contributed by atoms with Crippen LogP contribution < -0.4 is 5.32 Å². The third kappa shape index (κ3) is 3.92. The van der Waals surface area contributed by atoms with Crippen molar-refractivity contribution in [2.24, 2.45) is 0 Å². The molecular formula is C18H23N3OS. The number of hydrogen-bond acceptors (Lipinski definition) is 3. The molecular weight excluding hydrogens is 306 g/mol. The average molecular weight is 329 g/mol. The third-order valence-electron chi connectivity index (χ3n) is 4.47. The Kier molecular flexibility index (Phi) is 4.98. The van der Waals surface area contributed by atoms with Gasteiger partial charge in [0.15, 0.2) is 5.11 Å². The first kappa shape index (κ1) is 16.0. The van der Waals surface area contributed by atoms with Gasteiger partial charge in [-0.15, -0.1) is 0 Å². The average Bonchev–Trinajstić information content (AvgIpc) is 3.05. The summed E-state index contributed by atoms with van der Waals surface area (Å²) in [6.07, 6.45) is 1.73. The second-order valence-electron chi connectivity index (χ2n) is 6.02. The van der Waals surface area contributed by atoms with E-state index in [-0.39, 0.29) is 0 Å². The van der Waals surface area contributed by atoms with Crippen LogP contribution in [0.2, 0.25) is 0 Å². The van der Waals surface area contributed by atoms with Gasteiger partial charge < -0.3 is 14.6 Å². The highest BCUT2D eigenvalue weighted by molar-refractivity contribution is 7.80. The summed E-state index contributed by atoms with van der Waals surface area (Å²) in [4.78, 5) is 4.64. The van der Waals surface area contributed by atoms with E-state index < -0.39 is 0 Å². The van der Waals surface area contributed by atoms with E-state index in [9.17, 15) is 0 Å². The Morgan fingerprint density at radius 1 is 1.13 bits per heavy atom. The molecule has 2 aromatic rings. The van der Waals surface area contributed by atoms with Gasteiger partial charge in [-0.3, -0.25) is 4.90 Å². The number of piperazine rings is 1. The van der Waals surface area contributed by atoms with E-state index >= 15 is 0 Å². The smallest absolute Gasteiger partial charge is 0.173 e. The van der Waals surface area contributed by atoms with Crippen molar-refractivity contribution in [3.8, 4) is 0 Å². The maximum Gasteiger partial charge on any atom is 0.173 e. The van der Waals surface area contributed by atoms with E-state index in [0.717, 1.165) is 49.3 Å². The van der Waals surface area contributed by atoms with Gasteiger partial charge in [-0.05, 0) is 55.4 Å². The molecule has 1 aromatic carbocycles. The molecule has 0 spiro atoms. The summed E-state index contributed by atoms with van der Waals surface area (Å²) < 4.78 is 5.42. The van der Waals surface area contributed by atoms with Crippen molar-refractivity contribution >= 4 is 23.0 Å². The molecule has 0 saturated carbocycles. The fourth-order valence-corrected chi connectivity index (χ4v) is 3.11. The quantitative estimate of drug-likeness (QED) is 0.872. The van der Waals surface area contributed by atoms with Crippen LogP contribution in [0.5, 0.6) is 0 Å².